The number of anilines is 1. The third kappa shape index (κ3) is 3.49. The van der Waals surface area contributed by atoms with Gasteiger partial charge in [0, 0.05) is 29.6 Å². The number of carbonyl (C=O) groups is 3. The van der Waals surface area contributed by atoms with Crippen LogP contribution in [0.3, 0.4) is 0 Å². The third-order valence-corrected chi connectivity index (χ3v) is 6.28. The molecule has 32 heavy (non-hydrogen) atoms. The molecule has 1 aromatic heterocycles. The van der Waals surface area contributed by atoms with Gasteiger partial charge in [-0.3, -0.25) is 24.1 Å². The molecule has 0 atom stereocenters. The summed E-state index contributed by atoms with van der Waals surface area (Å²) in [7, 11) is 0. The number of imide groups is 1. The van der Waals surface area contributed by atoms with Gasteiger partial charge in [-0.05, 0) is 61.9 Å². The van der Waals surface area contributed by atoms with Gasteiger partial charge in [-0.1, -0.05) is 18.2 Å². The van der Waals surface area contributed by atoms with Crippen molar-refractivity contribution in [3.63, 3.8) is 0 Å². The zero-order valence-electron chi connectivity index (χ0n) is 17.6. The first-order valence-corrected chi connectivity index (χ1v) is 11.0. The summed E-state index contributed by atoms with van der Waals surface area (Å²) < 4.78 is 0. The fourth-order valence-electron chi connectivity index (χ4n) is 4.70. The van der Waals surface area contributed by atoms with Crippen molar-refractivity contribution in [2.45, 2.75) is 38.5 Å². The van der Waals surface area contributed by atoms with Gasteiger partial charge in [0.2, 0.25) is 5.91 Å². The summed E-state index contributed by atoms with van der Waals surface area (Å²) in [6, 6.07) is 12.3. The summed E-state index contributed by atoms with van der Waals surface area (Å²) in [4.78, 5) is 53.8. The van der Waals surface area contributed by atoms with Crippen LogP contribution in [0.25, 0.3) is 10.9 Å². The summed E-state index contributed by atoms with van der Waals surface area (Å²) in [5.41, 5.74) is 4.11. The number of amides is 3. The van der Waals surface area contributed by atoms with E-state index < -0.39 is 0 Å². The van der Waals surface area contributed by atoms with Gasteiger partial charge in [0.1, 0.15) is 0 Å². The second-order valence-corrected chi connectivity index (χ2v) is 8.34. The van der Waals surface area contributed by atoms with Crippen LogP contribution < -0.4 is 10.9 Å². The van der Waals surface area contributed by atoms with Crippen LogP contribution in [0.4, 0.5) is 5.69 Å². The van der Waals surface area contributed by atoms with Crippen molar-refractivity contribution in [1.29, 1.82) is 0 Å². The smallest absolute Gasteiger partial charge is 0.261 e. The van der Waals surface area contributed by atoms with Crippen molar-refractivity contribution < 1.29 is 14.4 Å². The van der Waals surface area contributed by atoms with Gasteiger partial charge < -0.3 is 10.3 Å². The van der Waals surface area contributed by atoms with Crippen LogP contribution in [-0.4, -0.2) is 34.2 Å². The lowest BCUT2D eigenvalue weighted by Crippen LogP contribution is -2.31. The average Bonchev–Trinajstić information content (AvgIpc) is 3.04. The van der Waals surface area contributed by atoms with Crippen LogP contribution >= 0.6 is 0 Å². The van der Waals surface area contributed by atoms with E-state index in [9.17, 15) is 19.2 Å². The SMILES string of the molecule is O=C(CCCN1C(=O)c2ccccc2C1=O)Nc1ccc2c3c(c(=O)[nH]c2c1)CCCC3. The molecular formula is C25H23N3O4. The number of hydrogen-bond donors (Lipinski definition) is 2. The lowest BCUT2D eigenvalue weighted by atomic mass is 9.90. The molecule has 3 amide bonds. The highest BCUT2D eigenvalue weighted by atomic mass is 16.2. The van der Waals surface area contributed by atoms with Crippen molar-refractivity contribution in [3.05, 3.63) is 75.1 Å². The summed E-state index contributed by atoms with van der Waals surface area (Å²) in [5.74, 6) is -0.832. The van der Waals surface area contributed by atoms with Gasteiger partial charge in [0.15, 0.2) is 0 Å². The van der Waals surface area contributed by atoms with Crippen LogP contribution in [0.1, 0.15) is 57.5 Å². The number of hydrogen-bond acceptors (Lipinski definition) is 4. The van der Waals surface area contributed by atoms with Gasteiger partial charge in [0.25, 0.3) is 17.4 Å². The second kappa shape index (κ2) is 8.07. The summed E-state index contributed by atoms with van der Waals surface area (Å²) >= 11 is 0. The number of aromatic nitrogens is 1. The summed E-state index contributed by atoms with van der Waals surface area (Å²) in [5, 5.41) is 3.88. The number of H-pyrrole nitrogens is 1. The molecule has 0 fully saturated rings. The van der Waals surface area contributed by atoms with Gasteiger partial charge >= 0.3 is 0 Å². The first-order valence-electron chi connectivity index (χ1n) is 11.0. The minimum atomic E-state index is -0.312. The Bertz CT molecular complexity index is 1290. The van der Waals surface area contributed by atoms with Gasteiger partial charge in [-0.2, -0.15) is 0 Å². The van der Waals surface area contributed by atoms with E-state index in [2.05, 4.69) is 10.3 Å². The van der Waals surface area contributed by atoms with E-state index in [1.165, 1.54) is 4.90 Å². The number of nitrogens with one attached hydrogen (secondary N) is 2. The highest BCUT2D eigenvalue weighted by Gasteiger charge is 2.34. The number of aryl methyl sites for hydroxylation is 1. The zero-order valence-corrected chi connectivity index (χ0v) is 17.6. The van der Waals surface area contributed by atoms with E-state index in [4.69, 9.17) is 0 Å². The molecule has 0 radical (unpaired) electrons. The normalized spacial score (nSPS) is 15.1. The Labute approximate surface area is 184 Å². The maximum Gasteiger partial charge on any atom is 0.261 e. The van der Waals surface area contributed by atoms with Gasteiger partial charge in [0.05, 0.1) is 16.6 Å². The van der Waals surface area contributed by atoms with Crippen molar-refractivity contribution in [3.8, 4) is 0 Å². The molecule has 2 aromatic carbocycles. The average molecular weight is 429 g/mol. The number of pyridine rings is 1. The molecule has 0 unspecified atom stereocenters. The highest BCUT2D eigenvalue weighted by molar-refractivity contribution is 6.21. The third-order valence-electron chi connectivity index (χ3n) is 6.28. The van der Waals surface area contributed by atoms with Crippen molar-refractivity contribution in [2.75, 3.05) is 11.9 Å². The standard InChI is InChI=1S/C25H23N3O4/c29-22(10-5-13-28-24(31)19-8-3-4-9-20(19)25(28)32)26-15-11-12-17-16-6-1-2-7-18(16)23(30)27-21(17)14-15/h3-4,8-9,11-12,14H,1-2,5-7,10,13H2,(H,26,29)(H,27,30). The molecular weight excluding hydrogens is 406 g/mol. The van der Waals surface area contributed by atoms with Crippen LogP contribution in [-0.2, 0) is 17.6 Å². The Morgan fingerprint density at radius 3 is 2.34 bits per heavy atom. The van der Waals surface area contributed by atoms with E-state index in [1.54, 1.807) is 30.3 Å². The van der Waals surface area contributed by atoms with Crippen molar-refractivity contribution >= 4 is 34.3 Å². The largest absolute Gasteiger partial charge is 0.326 e. The molecule has 2 N–H and O–H groups in total. The number of fused-ring (bicyclic) bond motifs is 4. The molecule has 2 heterocycles. The predicted molar refractivity (Wildman–Crippen MR) is 121 cm³/mol. The van der Waals surface area contributed by atoms with Gasteiger partial charge in [-0.15, -0.1) is 0 Å². The lowest BCUT2D eigenvalue weighted by Gasteiger charge is -2.17. The predicted octanol–water partition coefficient (Wildman–Crippen LogP) is 3.42. The van der Waals surface area contributed by atoms with E-state index in [-0.39, 0.29) is 36.2 Å². The molecule has 0 saturated carbocycles. The molecule has 0 spiro atoms. The van der Waals surface area contributed by atoms with E-state index in [0.29, 0.717) is 23.2 Å². The fourth-order valence-corrected chi connectivity index (χ4v) is 4.70. The van der Waals surface area contributed by atoms with Gasteiger partial charge in [-0.25, -0.2) is 0 Å². The number of rotatable bonds is 5. The van der Waals surface area contributed by atoms with Crippen LogP contribution in [0.5, 0.6) is 0 Å². The molecule has 3 aromatic rings. The van der Waals surface area contributed by atoms with E-state index in [0.717, 1.165) is 47.7 Å². The molecule has 7 heteroatoms. The second-order valence-electron chi connectivity index (χ2n) is 8.34. The maximum atomic E-state index is 12.4. The van der Waals surface area contributed by atoms with Crippen molar-refractivity contribution in [2.24, 2.45) is 0 Å². The Hall–Kier alpha value is -3.74. The highest BCUT2D eigenvalue weighted by Crippen LogP contribution is 2.27. The first-order chi connectivity index (χ1) is 15.5. The van der Waals surface area contributed by atoms with E-state index in [1.807, 2.05) is 12.1 Å². The quantitative estimate of drug-likeness (QED) is 0.607. The minimum absolute atomic E-state index is 0.0448. The molecule has 2 aliphatic rings. The van der Waals surface area contributed by atoms with Crippen LogP contribution in [0, 0.1) is 0 Å². The van der Waals surface area contributed by atoms with Crippen molar-refractivity contribution in [1.82, 2.24) is 9.88 Å². The number of nitrogens with zero attached hydrogens (tertiary/aromatic N) is 1. The molecule has 5 rings (SSSR count). The molecule has 7 nitrogen and oxygen atoms in total. The zero-order chi connectivity index (χ0) is 22.2. The van der Waals surface area contributed by atoms with E-state index >= 15 is 0 Å². The molecule has 162 valence electrons. The monoisotopic (exact) mass is 429 g/mol. The fraction of sp³-hybridized carbons (Fsp3) is 0.280. The number of aromatic amines is 1. The molecule has 1 aliphatic carbocycles. The number of carbonyl (C=O) groups excluding carboxylic acids is 3. The topological polar surface area (TPSA) is 99.3 Å². The molecule has 0 bridgehead atoms. The Morgan fingerprint density at radius 2 is 1.62 bits per heavy atom. The summed E-state index contributed by atoms with van der Waals surface area (Å²) in [6.07, 6.45) is 4.38. The Morgan fingerprint density at radius 1 is 0.938 bits per heavy atom. The molecule has 1 aliphatic heterocycles. The summed E-state index contributed by atoms with van der Waals surface area (Å²) in [6.45, 7) is 0.191. The number of benzene rings is 2. The Kier molecular flexibility index (Phi) is 5.09. The maximum absolute atomic E-state index is 12.4. The van der Waals surface area contributed by atoms with Crippen LogP contribution in [0.15, 0.2) is 47.3 Å². The first kappa shape index (κ1) is 20.2. The minimum Gasteiger partial charge on any atom is -0.326 e. The lowest BCUT2D eigenvalue weighted by molar-refractivity contribution is -0.116. The molecule has 0 saturated heterocycles. The Balaban J connectivity index is 1.23. The van der Waals surface area contributed by atoms with Crippen LogP contribution in [0.2, 0.25) is 0 Å².